The fourth-order valence-corrected chi connectivity index (χ4v) is 11.8. The van der Waals surface area contributed by atoms with Gasteiger partial charge >= 0.3 is 8.56 Å². The van der Waals surface area contributed by atoms with E-state index < -0.39 is 51.3 Å². The topological polar surface area (TPSA) is 83.1 Å². The van der Waals surface area contributed by atoms with Gasteiger partial charge in [0.25, 0.3) is 0 Å². The van der Waals surface area contributed by atoms with Crippen molar-refractivity contribution in [3.05, 3.63) is 35.9 Å². The molecule has 0 aromatic heterocycles. The van der Waals surface area contributed by atoms with Crippen LogP contribution < -0.4 is 0 Å². The zero-order valence-electron chi connectivity index (χ0n) is 25.7. The lowest BCUT2D eigenvalue weighted by molar-refractivity contribution is -0.301. The second-order valence-corrected chi connectivity index (χ2v) is 18.7. The normalized spacial score (nSPS) is 39.1. The molecule has 0 saturated carbocycles. The summed E-state index contributed by atoms with van der Waals surface area (Å²) in [6.45, 7) is 19.8. The summed E-state index contributed by atoms with van der Waals surface area (Å²) in [6, 6.07) is 10.1. The highest BCUT2D eigenvalue weighted by molar-refractivity contribution is 6.73. The Morgan fingerprint density at radius 2 is 1.52 bits per heavy atom. The van der Waals surface area contributed by atoms with Gasteiger partial charge in [-0.3, -0.25) is 0 Å². The molecule has 4 fully saturated rings. The number of methoxy groups -OCH3 is 1. The zero-order valence-corrected chi connectivity index (χ0v) is 26.7. The lowest BCUT2D eigenvalue weighted by Gasteiger charge is -2.53. The SMILES string of the molecule is CO[C@@H]1O[C@@H](C)[C@H](O[C@H]2O[C@@H]3CO[Si](C(C)(C)C)(C(C)(C)C)O[C@H]3[C@@H]2OCc2ccccc2)[C@H]2OC(C)(C)O[C@@H]12. The molecule has 9 atom stereocenters. The number of rotatable bonds is 6. The van der Waals surface area contributed by atoms with Crippen molar-refractivity contribution in [2.45, 2.75) is 140 Å². The molecule has 4 aliphatic heterocycles. The predicted octanol–water partition coefficient (Wildman–Crippen LogP) is 5.05. The van der Waals surface area contributed by atoms with Crippen molar-refractivity contribution in [2.24, 2.45) is 0 Å². The summed E-state index contributed by atoms with van der Waals surface area (Å²) >= 11 is 0. The van der Waals surface area contributed by atoms with Crippen LogP contribution in [0.25, 0.3) is 0 Å². The molecular formula is C30H48O9Si. The lowest BCUT2D eigenvalue weighted by atomic mass is 9.99. The van der Waals surface area contributed by atoms with E-state index in [1.807, 2.05) is 39.0 Å². The van der Waals surface area contributed by atoms with E-state index in [4.69, 9.17) is 42.0 Å². The van der Waals surface area contributed by atoms with Crippen molar-refractivity contribution < 1.29 is 42.0 Å². The average Bonchev–Trinajstić information content (AvgIpc) is 3.38. The molecule has 4 saturated heterocycles. The summed E-state index contributed by atoms with van der Waals surface area (Å²) in [4.78, 5) is 0. The maximum atomic E-state index is 7.11. The quantitative estimate of drug-likeness (QED) is 0.429. The van der Waals surface area contributed by atoms with E-state index in [1.165, 1.54) is 0 Å². The van der Waals surface area contributed by atoms with Gasteiger partial charge < -0.3 is 42.0 Å². The first kappa shape index (κ1) is 30.5. The zero-order chi connectivity index (χ0) is 29.1. The number of hydrogen-bond donors (Lipinski definition) is 0. The second kappa shape index (κ2) is 11.0. The maximum absolute atomic E-state index is 7.11. The summed E-state index contributed by atoms with van der Waals surface area (Å²) in [7, 11) is -1.16. The third-order valence-electron chi connectivity index (χ3n) is 8.37. The highest BCUT2D eigenvalue weighted by Crippen LogP contribution is 2.55. The van der Waals surface area contributed by atoms with Crippen molar-refractivity contribution in [3.8, 4) is 0 Å². The van der Waals surface area contributed by atoms with Crippen LogP contribution in [0, 0.1) is 0 Å². The molecule has 0 aliphatic carbocycles. The van der Waals surface area contributed by atoms with Crippen molar-refractivity contribution in [1.29, 1.82) is 0 Å². The molecule has 0 radical (unpaired) electrons. The van der Waals surface area contributed by atoms with Gasteiger partial charge in [-0.2, -0.15) is 0 Å². The monoisotopic (exact) mass is 580 g/mol. The molecule has 0 unspecified atom stereocenters. The number of fused-ring (bicyclic) bond motifs is 2. The fraction of sp³-hybridized carbons (Fsp3) is 0.800. The Labute approximate surface area is 240 Å². The minimum absolute atomic E-state index is 0.173. The minimum Gasteiger partial charge on any atom is -0.391 e. The molecule has 0 spiro atoms. The molecule has 5 rings (SSSR count). The van der Waals surface area contributed by atoms with Crippen molar-refractivity contribution in [1.82, 2.24) is 0 Å². The van der Waals surface area contributed by atoms with E-state index in [1.54, 1.807) is 7.11 Å². The van der Waals surface area contributed by atoms with Crippen LogP contribution in [0.5, 0.6) is 0 Å². The first-order chi connectivity index (χ1) is 18.7. The highest BCUT2D eigenvalue weighted by atomic mass is 28.4. The Kier molecular flexibility index (Phi) is 8.37. The molecule has 4 heterocycles. The molecule has 1 aromatic carbocycles. The predicted molar refractivity (Wildman–Crippen MR) is 150 cm³/mol. The van der Waals surface area contributed by atoms with Crippen LogP contribution in [-0.4, -0.2) is 83.4 Å². The van der Waals surface area contributed by atoms with Crippen LogP contribution in [0.4, 0.5) is 0 Å². The molecule has 1 aromatic rings. The molecule has 0 amide bonds. The van der Waals surface area contributed by atoms with Crippen LogP contribution in [0.1, 0.15) is 67.9 Å². The third kappa shape index (κ3) is 5.57. The van der Waals surface area contributed by atoms with Gasteiger partial charge in [0.05, 0.1) is 19.3 Å². The van der Waals surface area contributed by atoms with E-state index >= 15 is 0 Å². The Hall–Kier alpha value is -0.923. The van der Waals surface area contributed by atoms with Crippen molar-refractivity contribution >= 4 is 8.56 Å². The number of ether oxygens (including phenoxy) is 7. The Balaban J connectivity index is 1.43. The van der Waals surface area contributed by atoms with E-state index in [2.05, 4.69) is 53.7 Å². The van der Waals surface area contributed by atoms with Gasteiger partial charge in [0.2, 0.25) is 0 Å². The third-order valence-corrected chi connectivity index (χ3v) is 13.5. The van der Waals surface area contributed by atoms with Gasteiger partial charge in [0.1, 0.15) is 36.6 Å². The smallest absolute Gasteiger partial charge is 0.349 e. The van der Waals surface area contributed by atoms with Gasteiger partial charge in [-0.1, -0.05) is 71.9 Å². The standard InChI is InChI=1S/C30H48O9Si/c1-18-21(23-25(26(31-10)34-18)38-30(8,9)37-23)36-27-24(32-16-19-14-12-11-13-15-19)22-20(35-27)17-33-40(39-22,28(2,3)4)29(5,6)7/h11-15,18,20-27H,16-17H2,1-10H3/t18-,20+,21-,22+,23+,24-,25+,26+,27+/m0/s1. The van der Waals surface area contributed by atoms with E-state index in [0.717, 1.165) is 5.56 Å². The molecule has 226 valence electrons. The van der Waals surface area contributed by atoms with Crippen LogP contribution >= 0.6 is 0 Å². The first-order valence-corrected chi connectivity index (χ1v) is 16.3. The maximum Gasteiger partial charge on any atom is 0.349 e. The van der Waals surface area contributed by atoms with Gasteiger partial charge in [0.15, 0.2) is 18.4 Å². The molecular weight excluding hydrogens is 532 g/mol. The summed E-state index contributed by atoms with van der Waals surface area (Å²) in [5.74, 6) is -0.795. The molecule has 0 bridgehead atoms. The van der Waals surface area contributed by atoms with Gasteiger partial charge in [-0.25, -0.2) is 0 Å². The molecule has 0 N–H and O–H groups in total. The van der Waals surface area contributed by atoms with Crippen LogP contribution in [-0.2, 0) is 48.6 Å². The van der Waals surface area contributed by atoms with Gasteiger partial charge in [0, 0.05) is 17.2 Å². The first-order valence-electron chi connectivity index (χ1n) is 14.5. The van der Waals surface area contributed by atoms with Gasteiger partial charge in [-0.15, -0.1) is 0 Å². The number of hydrogen-bond acceptors (Lipinski definition) is 9. The molecule has 40 heavy (non-hydrogen) atoms. The van der Waals surface area contributed by atoms with Crippen molar-refractivity contribution in [3.63, 3.8) is 0 Å². The summed E-state index contributed by atoms with van der Waals surface area (Å²) in [5, 5.41) is -0.346. The Morgan fingerprint density at radius 3 is 2.15 bits per heavy atom. The lowest BCUT2D eigenvalue weighted by Crippen LogP contribution is -2.65. The van der Waals surface area contributed by atoms with Crippen molar-refractivity contribution in [2.75, 3.05) is 13.7 Å². The Morgan fingerprint density at radius 1 is 0.875 bits per heavy atom. The average molecular weight is 581 g/mol. The fourth-order valence-electron chi connectivity index (χ4n) is 6.80. The van der Waals surface area contributed by atoms with Crippen LogP contribution in [0.15, 0.2) is 30.3 Å². The minimum atomic E-state index is -2.77. The molecule has 10 heteroatoms. The van der Waals surface area contributed by atoms with Gasteiger partial charge in [-0.05, 0) is 26.3 Å². The van der Waals surface area contributed by atoms with Crippen LogP contribution in [0.3, 0.4) is 0 Å². The second-order valence-electron chi connectivity index (χ2n) is 13.9. The summed E-state index contributed by atoms with van der Waals surface area (Å²) < 4.78 is 58.0. The largest absolute Gasteiger partial charge is 0.391 e. The van der Waals surface area contributed by atoms with E-state index in [0.29, 0.717) is 13.2 Å². The summed E-state index contributed by atoms with van der Waals surface area (Å²) in [6.07, 6.45) is -4.06. The Bertz CT molecular complexity index is 993. The van der Waals surface area contributed by atoms with Crippen LogP contribution in [0.2, 0.25) is 10.1 Å². The van der Waals surface area contributed by atoms with E-state index in [9.17, 15) is 0 Å². The molecule has 4 aliphatic rings. The molecule has 9 nitrogen and oxygen atoms in total. The number of benzene rings is 1. The highest BCUT2D eigenvalue weighted by Gasteiger charge is 2.66. The summed E-state index contributed by atoms with van der Waals surface area (Å²) in [5.41, 5.74) is 1.07. The van der Waals surface area contributed by atoms with E-state index in [-0.39, 0.29) is 28.4 Å².